The Morgan fingerprint density at radius 3 is 2.90 bits per heavy atom. The van der Waals surface area contributed by atoms with E-state index in [2.05, 4.69) is 41.3 Å². The number of rotatable bonds is 2. The Labute approximate surface area is 172 Å². The van der Waals surface area contributed by atoms with Crippen molar-refractivity contribution in [3.8, 4) is 5.69 Å². The molecular weight excluding hydrogens is 376 g/mol. The summed E-state index contributed by atoms with van der Waals surface area (Å²) in [4.78, 5) is 15.1. The van der Waals surface area contributed by atoms with Gasteiger partial charge in [0.1, 0.15) is 5.58 Å². The number of hydrogen-bond donors (Lipinski definition) is 0. The number of aromatic nitrogens is 3. The van der Waals surface area contributed by atoms with E-state index in [1.54, 1.807) is 16.9 Å². The summed E-state index contributed by atoms with van der Waals surface area (Å²) in [5.41, 5.74) is 5.99. The summed E-state index contributed by atoms with van der Waals surface area (Å²) in [7, 11) is 2.13. The smallest absolute Gasteiger partial charge is 0.355 e. The number of benzene rings is 2. The molecule has 30 heavy (non-hydrogen) atoms. The zero-order chi connectivity index (χ0) is 20.2. The summed E-state index contributed by atoms with van der Waals surface area (Å²) >= 11 is 0. The van der Waals surface area contributed by atoms with E-state index < -0.39 is 0 Å². The van der Waals surface area contributed by atoms with Gasteiger partial charge in [-0.15, -0.1) is 5.10 Å². The van der Waals surface area contributed by atoms with E-state index in [0.717, 1.165) is 29.7 Å². The van der Waals surface area contributed by atoms with Crippen molar-refractivity contribution in [2.24, 2.45) is 0 Å². The lowest BCUT2D eigenvalue weighted by atomic mass is 9.84. The van der Waals surface area contributed by atoms with Crippen molar-refractivity contribution in [1.82, 2.24) is 19.1 Å². The second-order valence-electron chi connectivity index (χ2n) is 7.97. The molecule has 0 amide bonds. The van der Waals surface area contributed by atoms with E-state index in [1.807, 2.05) is 36.4 Å². The van der Waals surface area contributed by atoms with Crippen LogP contribution in [0, 0.1) is 0 Å². The molecule has 1 atom stereocenters. The van der Waals surface area contributed by atoms with Gasteiger partial charge in [0, 0.05) is 30.6 Å². The molecule has 4 heterocycles. The van der Waals surface area contributed by atoms with Crippen molar-refractivity contribution in [2.45, 2.75) is 12.5 Å². The third-order valence-electron chi connectivity index (χ3n) is 5.99. The normalized spacial score (nSPS) is 16.9. The van der Waals surface area contributed by atoms with Crippen LogP contribution in [0.15, 0.2) is 82.3 Å². The van der Waals surface area contributed by atoms with Gasteiger partial charge in [0.25, 0.3) is 0 Å². The number of furan rings is 1. The van der Waals surface area contributed by atoms with Crippen molar-refractivity contribution < 1.29 is 4.42 Å². The average Bonchev–Trinajstić information content (AvgIpc) is 3.37. The van der Waals surface area contributed by atoms with Crippen LogP contribution in [0.4, 0.5) is 0 Å². The molecule has 1 unspecified atom stereocenters. The molecule has 0 bridgehead atoms. The van der Waals surface area contributed by atoms with Crippen LogP contribution in [0.5, 0.6) is 0 Å². The molecule has 0 saturated carbocycles. The summed E-state index contributed by atoms with van der Waals surface area (Å²) in [6.07, 6.45) is 3.48. The molecule has 1 aliphatic rings. The van der Waals surface area contributed by atoms with Crippen LogP contribution >= 0.6 is 0 Å². The third kappa shape index (κ3) is 2.61. The van der Waals surface area contributed by atoms with Crippen molar-refractivity contribution >= 4 is 16.6 Å². The Kier molecular flexibility index (Phi) is 3.70. The van der Waals surface area contributed by atoms with Crippen molar-refractivity contribution in [2.75, 3.05) is 13.6 Å². The topological polar surface area (TPSA) is 55.7 Å². The van der Waals surface area contributed by atoms with Crippen LogP contribution in [0.25, 0.3) is 22.3 Å². The first-order valence-electron chi connectivity index (χ1n) is 10.0. The molecule has 148 valence electrons. The van der Waals surface area contributed by atoms with Crippen molar-refractivity contribution in [1.29, 1.82) is 0 Å². The van der Waals surface area contributed by atoms with Gasteiger partial charge in [-0.05, 0) is 66.2 Å². The number of fused-ring (bicyclic) bond motifs is 3. The zero-order valence-corrected chi connectivity index (χ0v) is 16.5. The highest BCUT2D eigenvalue weighted by Gasteiger charge is 2.26. The van der Waals surface area contributed by atoms with Gasteiger partial charge in [-0.1, -0.05) is 18.2 Å². The van der Waals surface area contributed by atoms with Crippen LogP contribution in [0.2, 0.25) is 0 Å². The Balaban J connectivity index is 1.46. The molecule has 0 saturated heterocycles. The summed E-state index contributed by atoms with van der Waals surface area (Å²) < 4.78 is 8.55. The summed E-state index contributed by atoms with van der Waals surface area (Å²) in [5.74, 6) is 0.268. The molecule has 0 spiro atoms. The molecule has 6 nitrogen and oxygen atoms in total. The fourth-order valence-electron chi connectivity index (χ4n) is 4.55. The quantitative estimate of drug-likeness (QED) is 0.455. The highest BCUT2D eigenvalue weighted by molar-refractivity contribution is 5.78. The summed E-state index contributed by atoms with van der Waals surface area (Å²) in [5, 5.41) is 5.62. The van der Waals surface area contributed by atoms with Crippen LogP contribution in [-0.2, 0) is 6.54 Å². The third-order valence-corrected chi connectivity index (χ3v) is 5.99. The molecule has 5 aromatic rings. The van der Waals surface area contributed by atoms with E-state index in [-0.39, 0.29) is 11.6 Å². The highest BCUT2D eigenvalue weighted by atomic mass is 16.3. The van der Waals surface area contributed by atoms with Gasteiger partial charge in [-0.3, -0.25) is 0 Å². The number of hydrogen-bond acceptors (Lipinski definition) is 4. The minimum atomic E-state index is -0.156. The maximum atomic E-state index is 12.8. The molecule has 0 radical (unpaired) electrons. The fraction of sp³-hybridized carbons (Fsp3) is 0.167. The lowest BCUT2D eigenvalue weighted by Crippen LogP contribution is -2.31. The van der Waals surface area contributed by atoms with Gasteiger partial charge in [0.05, 0.1) is 12.0 Å². The predicted octanol–water partition coefficient (Wildman–Crippen LogP) is 3.81. The van der Waals surface area contributed by atoms with Crippen LogP contribution in [0.1, 0.15) is 22.6 Å². The Morgan fingerprint density at radius 2 is 2.00 bits per heavy atom. The first kappa shape index (κ1) is 17.2. The summed E-state index contributed by atoms with van der Waals surface area (Å²) in [6, 6.07) is 20.2. The van der Waals surface area contributed by atoms with Gasteiger partial charge >= 0.3 is 5.69 Å². The lowest BCUT2D eigenvalue weighted by molar-refractivity contribution is 0.295. The molecule has 6 heteroatoms. The van der Waals surface area contributed by atoms with E-state index in [9.17, 15) is 4.79 Å². The molecule has 6 rings (SSSR count). The maximum absolute atomic E-state index is 12.8. The van der Waals surface area contributed by atoms with Crippen molar-refractivity contribution in [3.05, 3.63) is 100 Å². The minimum absolute atomic E-state index is 0.156. The fourth-order valence-corrected chi connectivity index (χ4v) is 4.55. The Bertz CT molecular complexity index is 1460. The average molecular weight is 396 g/mol. The summed E-state index contributed by atoms with van der Waals surface area (Å²) in [6.45, 7) is 1.79. The zero-order valence-electron chi connectivity index (χ0n) is 16.5. The number of pyridine rings is 1. The second kappa shape index (κ2) is 6.43. The standard InChI is InChI=1S/C24H20N4O2/c1-26-14-18-13-19(28-24(29)27-10-3-2-4-23(27)25-28)6-7-20(18)21(15-26)16-5-8-22-17(12-16)9-11-30-22/h2-13,21H,14-15H2,1H3. The van der Waals surface area contributed by atoms with Gasteiger partial charge in [0.2, 0.25) is 0 Å². The molecule has 0 N–H and O–H groups in total. The lowest BCUT2D eigenvalue weighted by Gasteiger charge is -2.33. The van der Waals surface area contributed by atoms with Crippen LogP contribution in [0.3, 0.4) is 0 Å². The van der Waals surface area contributed by atoms with Crippen LogP contribution in [-0.4, -0.2) is 32.7 Å². The SMILES string of the molecule is CN1Cc2cc(-n3nc4ccccn4c3=O)ccc2C(c2ccc3occc3c2)C1. The van der Waals surface area contributed by atoms with E-state index in [1.165, 1.54) is 21.4 Å². The first-order valence-corrected chi connectivity index (χ1v) is 10.0. The molecule has 1 aliphatic heterocycles. The second-order valence-corrected chi connectivity index (χ2v) is 7.97. The molecule has 3 aromatic heterocycles. The largest absolute Gasteiger partial charge is 0.464 e. The Morgan fingerprint density at radius 1 is 1.07 bits per heavy atom. The van der Waals surface area contributed by atoms with Gasteiger partial charge < -0.3 is 9.32 Å². The maximum Gasteiger partial charge on any atom is 0.355 e. The van der Waals surface area contributed by atoms with E-state index in [0.29, 0.717) is 5.65 Å². The minimum Gasteiger partial charge on any atom is -0.464 e. The number of nitrogens with zero attached hydrogens (tertiary/aromatic N) is 4. The molecule has 0 aliphatic carbocycles. The van der Waals surface area contributed by atoms with Gasteiger partial charge in [-0.2, -0.15) is 4.68 Å². The molecular formula is C24H20N4O2. The van der Waals surface area contributed by atoms with Gasteiger partial charge in [0.15, 0.2) is 5.65 Å². The van der Waals surface area contributed by atoms with Crippen LogP contribution < -0.4 is 5.69 Å². The number of likely N-dealkylation sites (N-methyl/N-ethyl adjacent to an activating group) is 1. The van der Waals surface area contributed by atoms with E-state index in [4.69, 9.17) is 4.42 Å². The predicted molar refractivity (Wildman–Crippen MR) is 115 cm³/mol. The highest BCUT2D eigenvalue weighted by Crippen LogP contribution is 2.35. The Hall–Kier alpha value is -3.64. The monoisotopic (exact) mass is 396 g/mol. The molecule has 2 aromatic carbocycles. The van der Waals surface area contributed by atoms with E-state index >= 15 is 0 Å². The molecule has 0 fully saturated rings. The van der Waals surface area contributed by atoms with Gasteiger partial charge in [-0.25, -0.2) is 9.20 Å². The first-order chi connectivity index (χ1) is 14.7. The van der Waals surface area contributed by atoms with Crippen molar-refractivity contribution in [3.63, 3.8) is 0 Å².